The first kappa shape index (κ1) is 15.7. The first-order valence-electron chi connectivity index (χ1n) is 6.69. The Morgan fingerprint density at radius 1 is 1.33 bits per heavy atom. The lowest BCUT2D eigenvalue weighted by molar-refractivity contribution is 0.0306. The van der Waals surface area contributed by atoms with Crippen LogP contribution in [0, 0.1) is 5.92 Å². The maximum Gasteiger partial charge on any atom is 0.0960 e. The van der Waals surface area contributed by atoms with Crippen molar-refractivity contribution in [1.29, 1.82) is 0 Å². The van der Waals surface area contributed by atoms with Crippen molar-refractivity contribution in [3.63, 3.8) is 0 Å². The van der Waals surface area contributed by atoms with E-state index in [4.69, 9.17) is 4.74 Å². The fourth-order valence-electron chi connectivity index (χ4n) is 2.04. The maximum absolute atomic E-state index is 6.07. The van der Waals surface area contributed by atoms with E-state index < -0.39 is 0 Å². The largest absolute Gasteiger partial charge is 0.372 e. The van der Waals surface area contributed by atoms with Gasteiger partial charge in [-0.15, -0.1) is 0 Å². The van der Waals surface area contributed by atoms with Crippen LogP contribution in [0.25, 0.3) is 0 Å². The maximum atomic E-state index is 6.07. The predicted molar refractivity (Wildman–Crippen MR) is 80.8 cm³/mol. The summed E-state index contributed by atoms with van der Waals surface area (Å²) in [7, 11) is 1.96. The van der Waals surface area contributed by atoms with Crippen LogP contribution in [0.3, 0.4) is 0 Å². The van der Waals surface area contributed by atoms with Crippen molar-refractivity contribution < 1.29 is 4.74 Å². The lowest BCUT2D eigenvalue weighted by atomic mass is 10.1. The molecule has 1 N–H and O–H groups in total. The van der Waals surface area contributed by atoms with Gasteiger partial charge in [0.25, 0.3) is 0 Å². The molecule has 0 bridgehead atoms. The summed E-state index contributed by atoms with van der Waals surface area (Å²) in [5.41, 5.74) is 1.22. The SMILES string of the molecule is CCCC(C)COC(CNC)c1ccccc1Br. The molecule has 0 radical (unpaired) electrons. The zero-order valence-electron chi connectivity index (χ0n) is 11.6. The lowest BCUT2D eigenvalue weighted by Gasteiger charge is -2.21. The second kappa shape index (κ2) is 8.68. The molecular weight excluding hydrogens is 290 g/mol. The van der Waals surface area contributed by atoms with Crippen LogP contribution in [0.1, 0.15) is 38.4 Å². The van der Waals surface area contributed by atoms with E-state index in [9.17, 15) is 0 Å². The average molecular weight is 314 g/mol. The minimum atomic E-state index is 0.116. The van der Waals surface area contributed by atoms with Crippen LogP contribution in [0.15, 0.2) is 28.7 Å². The zero-order valence-corrected chi connectivity index (χ0v) is 13.2. The third kappa shape index (κ3) is 5.09. The van der Waals surface area contributed by atoms with Gasteiger partial charge in [0.1, 0.15) is 0 Å². The zero-order chi connectivity index (χ0) is 13.4. The molecule has 0 saturated heterocycles. The Hall–Kier alpha value is -0.380. The van der Waals surface area contributed by atoms with Crippen LogP contribution < -0.4 is 5.32 Å². The summed E-state index contributed by atoms with van der Waals surface area (Å²) in [6.45, 7) is 6.12. The van der Waals surface area contributed by atoms with Crippen molar-refractivity contribution in [2.45, 2.75) is 32.8 Å². The molecule has 2 atom stereocenters. The van der Waals surface area contributed by atoms with Gasteiger partial charge in [-0.2, -0.15) is 0 Å². The Balaban J connectivity index is 2.62. The Labute approximate surface area is 119 Å². The van der Waals surface area contributed by atoms with Crippen LogP contribution in [-0.2, 0) is 4.74 Å². The summed E-state index contributed by atoms with van der Waals surface area (Å²) in [4.78, 5) is 0. The molecule has 0 aliphatic carbocycles. The molecule has 0 aliphatic heterocycles. The Morgan fingerprint density at radius 2 is 2.06 bits per heavy atom. The van der Waals surface area contributed by atoms with Crippen LogP contribution in [-0.4, -0.2) is 20.2 Å². The van der Waals surface area contributed by atoms with Crippen molar-refractivity contribution >= 4 is 15.9 Å². The van der Waals surface area contributed by atoms with Gasteiger partial charge in [-0.05, 0) is 31.0 Å². The molecule has 0 spiro atoms. The topological polar surface area (TPSA) is 21.3 Å². The van der Waals surface area contributed by atoms with E-state index >= 15 is 0 Å². The number of rotatable bonds is 8. The molecule has 0 aromatic heterocycles. The number of hydrogen-bond acceptors (Lipinski definition) is 2. The summed E-state index contributed by atoms with van der Waals surface area (Å²) in [5.74, 6) is 0.622. The molecule has 2 unspecified atom stereocenters. The highest BCUT2D eigenvalue weighted by atomic mass is 79.9. The van der Waals surface area contributed by atoms with Gasteiger partial charge in [0, 0.05) is 11.0 Å². The molecule has 1 aromatic rings. The molecule has 0 fully saturated rings. The summed E-state index contributed by atoms with van der Waals surface area (Å²) < 4.78 is 7.19. The van der Waals surface area contributed by atoms with Gasteiger partial charge in [0.2, 0.25) is 0 Å². The van der Waals surface area contributed by atoms with Crippen LogP contribution in [0.4, 0.5) is 0 Å². The van der Waals surface area contributed by atoms with E-state index in [1.165, 1.54) is 18.4 Å². The van der Waals surface area contributed by atoms with Crippen molar-refractivity contribution in [1.82, 2.24) is 5.32 Å². The monoisotopic (exact) mass is 313 g/mol. The van der Waals surface area contributed by atoms with E-state index in [0.717, 1.165) is 17.6 Å². The molecule has 2 nitrogen and oxygen atoms in total. The van der Waals surface area contributed by atoms with E-state index in [1.54, 1.807) is 0 Å². The van der Waals surface area contributed by atoms with Gasteiger partial charge < -0.3 is 10.1 Å². The Morgan fingerprint density at radius 3 is 2.67 bits per heavy atom. The van der Waals surface area contributed by atoms with Gasteiger partial charge in [0.05, 0.1) is 12.7 Å². The molecule has 18 heavy (non-hydrogen) atoms. The highest BCUT2D eigenvalue weighted by Gasteiger charge is 2.15. The molecule has 1 rings (SSSR count). The molecular formula is C15H24BrNO. The fraction of sp³-hybridized carbons (Fsp3) is 0.600. The van der Waals surface area contributed by atoms with Crippen LogP contribution >= 0.6 is 15.9 Å². The van der Waals surface area contributed by atoms with Crippen molar-refractivity contribution in [2.75, 3.05) is 20.2 Å². The van der Waals surface area contributed by atoms with Crippen molar-refractivity contribution in [3.05, 3.63) is 34.3 Å². The number of benzene rings is 1. The Kier molecular flexibility index (Phi) is 7.56. The number of nitrogens with one attached hydrogen (secondary N) is 1. The Bertz CT molecular complexity index is 343. The third-order valence-corrected chi connectivity index (χ3v) is 3.73. The molecule has 0 amide bonds. The molecule has 3 heteroatoms. The minimum Gasteiger partial charge on any atom is -0.372 e. The molecule has 0 heterocycles. The van der Waals surface area contributed by atoms with Crippen molar-refractivity contribution in [2.24, 2.45) is 5.92 Å². The van der Waals surface area contributed by atoms with Gasteiger partial charge in [0.15, 0.2) is 0 Å². The highest BCUT2D eigenvalue weighted by molar-refractivity contribution is 9.10. The average Bonchev–Trinajstić information content (AvgIpc) is 2.36. The van der Waals surface area contributed by atoms with Gasteiger partial charge in [-0.3, -0.25) is 0 Å². The lowest BCUT2D eigenvalue weighted by Crippen LogP contribution is -2.22. The van der Waals surface area contributed by atoms with Gasteiger partial charge in [-0.25, -0.2) is 0 Å². The predicted octanol–water partition coefficient (Wildman–Crippen LogP) is 4.16. The van der Waals surface area contributed by atoms with Crippen LogP contribution in [0.2, 0.25) is 0 Å². The molecule has 0 aliphatic rings. The second-order valence-corrected chi connectivity index (χ2v) is 5.65. The van der Waals surface area contributed by atoms with Gasteiger partial charge in [-0.1, -0.05) is 54.4 Å². The fourth-order valence-corrected chi connectivity index (χ4v) is 2.58. The first-order chi connectivity index (χ1) is 8.69. The molecule has 102 valence electrons. The van der Waals surface area contributed by atoms with Gasteiger partial charge >= 0.3 is 0 Å². The van der Waals surface area contributed by atoms with Crippen molar-refractivity contribution in [3.8, 4) is 0 Å². The normalized spacial score (nSPS) is 14.4. The standard InChI is InChI=1S/C15H24BrNO/c1-4-7-12(2)11-18-15(10-17-3)13-8-5-6-9-14(13)16/h5-6,8-9,12,15,17H,4,7,10-11H2,1-3H3. The highest BCUT2D eigenvalue weighted by Crippen LogP contribution is 2.26. The summed E-state index contributed by atoms with van der Waals surface area (Å²) in [6, 6.07) is 8.28. The van der Waals surface area contributed by atoms with Crippen LogP contribution in [0.5, 0.6) is 0 Å². The van der Waals surface area contributed by atoms with E-state index in [1.807, 2.05) is 13.1 Å². The molecule has 1 aromatic carbocycles. The van der Waals surface area contributed by atoms with E-state index in [-0.39, 0.29) is 6.10 Å². The summed E-state index contributed by atoms with van der Waals surface area (Å²) in [6.07, 6.45) is 2.56. The van der Waals surface area contributed by atoms with E-state index in [2.05, 4.69) is 53.3 Å². The number of ether oxygens (including phenoxy) is 1. The minimum absolute atomic E-state index is 0.116. The number of hydrogen-bond donors (Lipinski definition) is 1. The first-order valence-corrected chi connectivity index (χ1v) is 7.49. The third-order valence-electron chi connectivity index (χ3n) is 3.01. The quantitative estimate of drug-likeness (QED) is 0.778. The number of likely N-dealkylation sites (N-methyl/N-ethyl adjacent to an activating group) is 1. The summed E-state index contributed by atoms with van der Waals surface area (Å²) in [5, 5.41) is 3.20. The number of halogens is 1. The second-order valence-electron chi connectivity index (χ2n) is 4.80. The smallest absolute Gasteiger partial charge is 0.0960 e. The molecule has 0 saturated carbocycles. The van der Waals surface area contributed by atoms with E-state index in [0.29, 0.717) is 5.92 Å². The summed E-state index contributed by atoms with van der Waals surface area (Å²) >= 11 is 3.60.